The van der Waals surface area contributed by atoms with Crippen molar-refractivity contribution in [3.63, 3.8) is 0 Å². The van der Waals surface area contributed by atoms with Crippen LogP contribution in [0.25, 0.3) is 22.0 Å². The number of rotatable bonds is 5. The summed E-state index contributed by atoms with van der Waals surface area (Å²) in [6.07, 6.45) is -5.12. The average Bonchev–Trinajstić information content (AvgIpc) is 3.16. The van der Waals surface area contributed by atoms with Gasteiger partial charge in [-0.05, 0) is 47.0 Å². The number of aromatic nitrogens is 2. The molecule has 0 saturated heterocycles. The van der Waals surface area contributed by atoms with E-state index in [0.29, 0.717) is 26.9 Å². The second kappa shape index (κ2) is 8.56. The SMILES string of the molecule is NCc1ccc(F)c(N(C(N)=O)c2ccc(-c3cccc4[nH]nc(N)c34)cc2OC(F)(F)F)c1. The van der Waals surface area contributed by atoms with E-state index in [-0.39, 0.29) is 23.6 Å². The molecule has 3 aromatic carbocycles. The minimum atomic E-state index is -5.12. The van der Waals surface area contributed by atoms with Gasteiger partial charge in [-0.1, -0.05) is 24.3 Å². The van der Waals surface area contributed by atoms with Gasteiger partial charge < -0.3 is 21.9 Å². The standard InChI is InChI=1S/C22H18F4N6O2/c23-14-6-4-11(10-27)8-17(14)32(21(29)33)16-7-5-12(9-18(16)34-22(24,25)26)13-2-1-3-15-19(13)20(28)31-30-15/h1-9H,10,27H2,(H2,29,33)(H3,28,30,31). The number of amides is 2. The average molecular weight is 474 g/mol. The highest BCUT2D eigenvalue weighted by Gasteiger charge is 2.34. The number of nitrogens with two attached hydrogens (primary N) is 3. The van der Waals surface area contributed by atoms with Crippen LogP contribution in [0.4, 0.5) is 39.5 Å². The molecule has 0 aliphatic rings. The third kappa shape index (κ3) is 4.30. The summed E-state index contributed by atoms with van der Waals surface area (Å²) in [6, 6.07) is 11.1. The van der Waals surface area contributed by atoms with Crippen LogP contribution in [0.2, 0.25) is 0 Å². The Morgan fingerprint density at radius 1 is 1.09 bits per heavy atom. The van der Waals surface area contributed by atoms with Crippen LogP contribution in [0.5, 0.6) is 5.75 Å². The zero-order chi connectivity index (χ0) is 24.6. The van der Waals surface area contributed by atoms with Gasteiger partial charge in [-0.15, -0.1) is 13.2 Å². The number of ether oxygens (including phenoxy) is 1. The summed E-state index contributed by atoms with van der Waals surface area (Å²) in [5.41, 5.74) is 17.9. The molecule has 4 aromatic rings. The molecule has 0 bridgehead atoms. The van der Waals surface area contributed by atoms with Crippen molar-refractivity contribution in [2.75, 3.05) is 10.6 Å². The van der Waals surface area contributed by atoms with E-state index in [4.69, 9.17) is 17.2 Å². The Kier molecular flexibility index (Phi) is 5.75. The van der Waals surface area contributed by atoms with Crippen molar-refractivity contribution in [3.8, 4) is 16.9 Å². The number of halogens is 4. The van der Waals surface area contributed by atoms with Gasteiger partial charge in [-0.3, -0.25) is 10.00 Å². The molecule has 4 rings (SSSR count). The molecule has 1 aromatic heterocycles. The summed E-state index contributed by atoms with van der Waals surface area (Å²) in [7, 11) is 0. The summed E-state index contributed by atoms with van der Waals surface area (Å²) < 4.78 is 58.8. The maximum Gasteiger partial charge on any atom is 0.573 e. The van der Waals surface area contributed by atoms with Gasteiger partial charge in [-0.25, -0.2) is 9.18 Å². The lowest BCUT2D eigenvalue weighted by Crippen LogP contribution is -2.33. The molecule has 8 nitrogen and oxygen atoms in total. The number of aromatic amines is 1. The first-order valence-electron chi connectivity index (χ1n) is 9.80. The summed E-state index contributed by atoms with van der Waals surface area (Å²) in [5.74, 6) is -1.53. The molecular weight excluding hydrogens is 456 g/mol. The van der Waals surface area contributed by atoms with E-state index in [9.17, 15) is 22.4 Å². The van der Waals surface area contributed by atoms with Crippen molar-refractivity contribution in [2.24, 2.45) is 11.5 Å². The lowest BCUT2D eigenvalue weighted by Gasteiger charge is -2.25. The van der Waals surface area contributed by atoms with Crippen LogP contribution in [-0.2, 0) is 6.54 Å². The highest BCUT2D eigenvalue weighted by atomic mass is 19.4. The lowest BCUT2D eigenvalue weighted by molar-refractivity contribution is -0.274. The second-order valence-corrected chi connectivity index (χ2v) is 7.23. The zero-order valence-corrected chi connectivity index (χ0v) is 17.4. The Balaban J connectivity index is 1.93. The maximum atomic E-state index is 14.6. The Morgan fingerprint density at radius 2 is 1.85 bits per heavy atom. The van der Waals surface area contributed by atoms with Crippen molar-refractivity contribution in [2.45, 2.75) is 12.9 Å². The quantitative estimate of drug-likeness (QED) is 0.315. The Morgan fingerprint density at radius 3 is 2.53 bits per heavy atom. The number of hydrogen-bond acceptors (Lipinski definition) is 5. The van der Waals surface area contributed by atoms with Crippen LogP contribution in [0, 0.1) is 5.82 Å². The molecular formula is C22H18F4N6O2. The van der Waals surface area contributed by atoms with Crippen LogP contribution in [0.1, 0.15) is 5.56 Å². The van der Waals surface area contributed by atoms with Crippen molar-refractivity contribution < 1.29 is 27.1 Å². The number of hydrogen-bond donors (Lipinski definition) is 4. The van der Waals surface area contributed by atoms with Crippen LogP contribution in [-0.4, -0.2) is 22.6 Å². The summed E-state index contributed by atoms with van der Waals surface area (Å²) >= 11 is 0. The number of fused-ring (bicyclic) bond motifs is 1. The van der Waals surface area contributed by atoms with Gasteiger partial charge >= 0.3 is 12.4 Å². The van der Waals surface area contributed by atoms with E-state index in [2.05, 4.69) is 14.9 Å². The molecule has 2 amide bonds. The minimum absolute atomic E-state index is 0.000849. The van der Waals surface area contributed by atoms with Crippen molar-refractivity contribution in [3.05, 3.63) is 66.0 Å². The van der Waals surface area contributed by atoms with Gasteiger partial charge in [0.2, 0.25) is 0 Å². The molecule has 1 heterocycles. The molecule has 176 valence electrons. The fourth-order valence-corrected chi connectivity index (χ4v) is 3.63. The first-order chi connectivity index (χ1) is 16.1. The number of urea groups is 1. The van der Waals surface area contributed by atoms with E-state index >= 15 is 0 Å². The van der Waals surface area contributed by atoms with Gasteiger partial charge in [0.15, 0.2) is 11.6 Å². The highest BCUT2D eigenvalue weighted by molar-refractivity contribution is 6.03. The van der Waals surface area contributed by atoms with Gasteiger partial charge in [0.25, 0.3) is 0 Å². The molecule has 7 N–H and O–H groups in total. The topological polar surface area (TPSA) is 136 Å². The predicted molar refractivity (Wildman–Crippen MR) is 119 cm³/mol. The van der Waals surface area contributed by atoms with Crippen LogP contribution in [0.15, 0.2) is 54.6 Å². The third-order valence-corrected chi connectivity index (χ3v) is 5.06. The number of primary amides is 1. The largest absolute Gasteiger partial charge is 0.573 e. The summed E-state index contributed by atoms with van der Waals surface area (Å²) in [5, 5.41) is 7.13. The number of carbonyl (C=O) groups is 1. The predicted octanol–water partition coefficient (Wildman–Crippen LogP) is 4.53. The van der Waals surface area contributed by atoms with Crippen molar-refractivity contribution >= 4 is 34.1 Å². The second-order valence-electron chi connectivity index (χ2n) is 7.23. The number of benzene rings is 3. The van der Waals surface area contributed by atoms with E-state index in [0.717, 1.165) is 12.1 Å². The van der Waals surface area contributed by atoms with Gasteiger partial charge in [0.05, 0.1) is 22.3 Å². The van der Waals surface area contributed by atoms with E-state index in [1.54, 1.807) is 18.2 Å². The van der Waals surface area contributed by atoms with E-state index in [1.807, 2.05) is 0 Å². The lowest BCUT2D eigenvalue weighted by atomic mass is 10.00. The van der Waals surface area contributed by atoms with Gasteiger partial charge in [-0.2, -0.15) is 5.10 Å². The highest BCUT2D eigenvalue weighted by Crippen LogP contribution is 2.42. The molecule has 0 atom stereocenters. The molecule has 34 heavy (non-hydrogen) atoms. The monoisotopic (exact) mass is 474 g/mol. The molecule has 0 radical (unpaired) electrons. The number of nitrogens with one attached hydrogen (secondary N) is 1. The number of nitrogens with zero attached hydrogens (tertiary/aromatic N) is 2. The van der Waals surface area contributed by atoms with E-state index < -0.39 is 29.6 Å². The Labute approximate surface area is 189 Å². The Hall–Kier alpha value is -4.32. The van der Waals surface area contributed by atoms with Gasteiger partial charge in [0, 0.05) is 6.54 Å². The zero-order valence-electron chi connectivity index (χ0n) is 17.4. The smallest absolute Gasteiger partial charge is 0.404 e. The minimum Gasteiger partial charge on any atom is -0.404 e. The fourth-order valence-electron chi connectivity index (χ4n) is 3.63. The maximum absolute atomic E-state index is 14.6. The molecule has 0 saturated carbocycles. The summed E-state index contributed by atoms with van der Waals surface area (Å²) in [6.45, 7) is 0.000849. The van der Waals surface area contributed by atoms with Crippen LogP contribution in [0.3, 0.4) is 0 Å². The number of alkyl halides is 3. The number of H-pyrrole nitrogens is 1. The molecule has 0 spiro atoms. The van der Waals surface area contributed by atoms with Gasteiger partial charge in [0.1, 0.15) is 5.82 Å². The molecule has 0 aliphatic carbocycles. The van der Waals surface area contributed by atoms with Crippen molar-refractivity contribution in [1.82, 2.24) is 10.2 Å². The molecule has 12 heteroatoms. The van der Waals surface area contributed by atoms with Crippen LogP contribution >= 0.6 is 0 Å². The molecule has 0 fully saturated rings. The first-order valence-corrected chi connectivity index (χ1v) is 9.80. The van der Waals surface area contributed by atoms with Crippen LogP contribution < -0.4 is 26.8 Å². The third-order valence-electron chi connectivity index (χ3n) is 5.06. The van der Waals surface area contributed by atoms with E-state index in [1.165, 1.54) is 24.3 Å². The molecule has 0 aliphatic heterocycles. The summed E-state index contributed by atoms with van der Waals surface area (Å²) in [4.78, 5) is 12.9. The number of nitrogen functional groups attached to an aromatic ring is 1. The van der Waals surface area contributed by atoms with Crippen molar-refractivity contribution in [1.29, 1.82) is 0 Å². The normalized spacial score (nSPS) is 11.6. The molecule has 0 unspecified atom stereocenters. The number of anilines is 3. The first kappa shape index (κ1) is 22.9. The Bertz CT molecular complexity index is 1390. The number of carbonyl (C=O) groups excluding carboxylic acids is 1. The fraction of sp³-hybridized carbons (Fsp3) is 0.0909.